The summed E-state index contributed by atoms with van der Waals surface area (Å²) in [6, 6.07) is 3.34. The van der Waals surface area contributed by atoms with Crippen molar-refractivity contribution >= 4 is 36.4 Å². The summed E-state index contributed by atoms with van der Waals surface area (Å²) in [7, 11) is 0. The number of pyridine rings is 1. The molecule has 2 aromatic rings. The van der Waals surface area contributed by atoms with E-state index in [1.165, 1.54) is 0 Å². The molecule has 0 aromatic carbocycles. The second-order valence-electron chi connectivity index (χ2n) is 6.81. The highest BCUT2D eigenvalue weighted by Gasteiger charge is 2.23. The number of nitrogens with one attached hydrogen (secondary N) is 3. The summed E-state index contributed by atoms with van der Waals surface area (Å²) in [5, 5.41) is 5.80. The van der Waals surface area contributed by atoms with Crippen molar-refractivity contribution < 1.29 is 9.21 Å². The SMILES string of the molecule is Cc1cc(NC(=O)c2c(C)cc(C3CCCNC3)oc2=O)c(=O)[nH]c1C.Cl.Cl. The predicted molar refractivity (Wildman–Crippen MR) is 114 cm³/mol. The fraction of sp³-hybridized carbons (Fsp3) is 0.421. The molecular weight excluding hydrogens is 405 g/mol. The summed E-state index contributed by atoms with van der Waals surface area (Å²) in [4.78, 5) is 39.6. The molecule has 1 aliphatic rings. The number of aryl methyl sites for hydroxylation is 3. The Bertz CT molecular complexity index is 963. The zero-order valence-electron chi connectivity index (χ0n) is 16.0. The minimum absolute atomic E-state index is 0. The lowest BCUT2D eigenvalue weighted by atomic mass is 9.95. The van der Waals surface area contributed by atoms with Gasteiger partial charge >= 0.3 is 5.63 Å². The summed E-state index contributed by atoms with van der Waals surface area (Å²) in [5.74, 6) is 0.0912. The first-order valence-electron chi connectivity index (χ1n) is 8.74. The molecule has 1 saturated heterocycles. The zero-order chi connectivity index (χ0) is 18.8. The Balaban J connectivity index is 0.00000196. The molecule has 0 radical (unpaired) electrons. The van der Waals surface area contributed by atoms with Gasteiger partial charge in [-0.1, -0.05) is 0 Å². The van der Waals surface area contributed by atoms with Crippen LogP contribution in [-0.4, -0.2) is 24.0 Å². The van der Waals surface area contributed by atoms with Crippen LogP contribution in [0.25, 0.3) is 0 Å². The van der Waals surface area contributed by atoms with Gasteiger partial charge in [-0.2, -0.15) is 0 Å². The van der Waals surface area contributed by atoms with Crippen LogP contribution in [0, 0.1) is 20.8 Å². The van der Waals surface area contributed by atoms with Crippen LogP contribution in [0.3, 0.4) is 0 Å². The number of carbonyl (C=O) groups excluding carboxylic acids is 1. The van der Waals surface area contributed by atoms with Crippen molar-refractivity contribution in [1.29, 1.82) is 0 Å². The van der Waals surface area contributed by atoms with E-state index < -0.39 is 17.1 Å². The number of amides is 1. The van der Waals surface area contributed by atoms with Crippen LogP contribution >= 0.6 is 24.8 Å². The second-order valence-corrected chi connectivity index (χ2v) is 6.81. The molecule has 3 N–H and O–H groups in total. The number of rotatable bonds is 3. The molecule has 7 nitrogen and oxygen atoms in total. The van der Waals surface area contributed by atoms with Gasteiger partial charge in [-0.05, 0) is 63.4 Å². The lowest BCUT2D eigenvalue weighted by Crippen LogP contribution is -2.30. The number of hydrogen-bond acceptors (Lipinski definition) is 5. The third kappa shape index (κ3) is 5.04. The first-order valence-corrected chi connectivity index (χ1v) is 8.74. The largest absolute Gasteiger partial charge is 0.427 e. The average molecular weight is 430 g/mol. The van der Waals surface area contributed by atoms with Crippen molar-refractivity contribution in [1.82, 2.24) is 10.3 Å². The Morgan fingerprint density at radius 1 is 1.14 bits per heavy atom. The molecule has 1 amide bonds. The average Bonchev–Trinajstić information content (AvgIpc) is 2.59. The van der Waals surface area contributed by atoms with Crippen LogP contribution in [0.4, 0.5) is 5.69 Å². The second kappa shape index (κ2) is 9.91. The zero-order valence-corrected chi connectivity index (χ0v) is 17.6. The van der Waals surface area contributed by atoms with Crippen molar-refractivity contribution in [3.63, 3.8) is 0 Å². The monoisotopic (exact) mass is 429 g/mol. The van der Waals surface area contributed by atoms with Crippen LogP contribution in [-0.2, 0) is 0 Å². The van der Waals surface area contributed by atoms with Gasteiger partial charge in [-0.25, -0.2) is 4.79 Å². The molecule has 2 aromatic heterocycles. The molecule has 28 heavy (non-hydrogen) atoms. The molecule has 154 valence electrons. The quantitative estimate of drug-likeness (QED) is 0.695. The van der Waals surface area contributed by atoms with Gasteiger partial charge in [0.1, 0.15) is 17.0 Å². The maximum absolute atomic E-state index is 12.6. The van der Waals surface area contributed by atoms with Crippen LogP contribution in [0.1, 0.15) is 51.7 Å². The first-order chi connectivity index (χ1) is 12.4. The van der Waals surface area contributed by atoms with Gasteiger partial charge < -0.3 is 20.0 Å². The number of hydrogen-bond donors (Lipinski definition) is 3. The summed E-state index contributed by atoms with van der Waals surface area (Å²) in [5.41, 5.74) is 1.06. The van der Waals surface area contributed by atoms with Gasteiger partial charge in [0.2, 0.25) is 0 Å². The lowest BCUT2D eigenvalue weighted by Gasteiger charge is -2.22. The van der Waals surface area contributed by atoms with E-state index >= 15 is 0 Å². The minimum atomic E-state index is -0.677. The number of carbonyl (C=O) groups is 1. The molecule has 0 saturated carbocycles. The fourth-order valence-electron chi connectivity index (χ4n) is 3.21. The highest BCUT2D eigenvalue weighted by Crippen LogP contribution is 2.23. The molecular formula is C19H25Cl2N3O4. The van der Waals surface area contributed by atoms with E-state index in [4.69, 9.17) is 4.42 Å². The van der Waals surface area contributed by atoms with E-state index in [9.17, 15) is 14.4 Å². The number of anilines is 1. The topological polar surface area (TPSA) is 104 Å². The van der Waals surface area contributed by atoms with Crippen molar-refractivity contribution in [2.75, 3.05) is 18.4 Å². The molecule has 1 unspecified atom stereocenters. The summed E-state index contributed by atoms with van der Waals surface area (Å²) >= 11 is 0. The molecule has 1 fully saturated rings. The molecule has 1 aliphatic heterocycles. The molecule has 0 bridgehead atoms. The van der Waals surface area contributed by atoms with Gasteiger partial charge in [-0.3, -0.25) is 9.59 Å². The van der Waals surface area contributed by atoms with E-state index in [0.29, 0.717) is 11.3 Å². The van der Waals surface area contributed by atoms with Crippen molar-refractivity contribution in [2.45, 2.75) is 39.5 Å². The highest BCUT2D eigenvalue weighted by molar-refractivity contribution is 6.04. The maximum atomic E-state index is 12.6. The van der Waals surface area contributed by atoms with Crippen LogP contribution in [0.15, 0.2) is 26.1 Å². The van der Waals surface area contributed by atoms with Gasteiger partial charge in [0.15, 0.2) is 0 Å². The molecule has 1 atom stereocenters. The Kier molecular flexibility index (Phi) is 8.48. The standard InChI is InChI=1S/C19H23N3O4.2ClH/c1-10-7-14(17(23)21-12(10)3)22-18(24)16-11(2)8-15(26-19(16)25)13-5-4-6-20-9-13;;/h7-8,13,20H,4-6,9H2,1-3H3,(H,21,23)(H,22,24);2*1H. The van der Waals surface area contributed by atoms with Crippen molar-refractivity contribution in [3.8, 4) is 0 Å². The Labute approximate surface area is 175 Å². The predicted octanol–water partition coefficient (Wildman–Crippen LogP) is 2.82. The van der Waals surface area contributed by atoms with E-state index in [1.807, 2.05) is 6.92 Å². The van der Waals surface area contributed by atoms with Gasteiger partial charge in [0.05, 0.1) is 0 Å². The molecule has 0 aliphatic carbocycles. The number of H-pyrrole nitrogens is 1. The molecule has 9 heteroatoms. The fourth-order valence-corrected chi connectivity index (χ4v) is 3.21. The van der Waals surface area contributed by atoms with Crippen LogP contribution < -0.4 is 21.8 Å². The third-order valence-corrected chi connectivity index (χ3v) is 4.84. The van der Waals surface area contributed by atoms with Gasteiger partial charge in [0, 0.05) is 18.2 Å². The summed E-state index contributed by atoms with van der Waals surface area (Å²) in [6.45, 7) is 7.03. The van der Waals surface area contributed by atoms with Crippen molar-refractivity contribution in [3.05, 3.63) is 61.1 Å². The molecule has 3 heterocycles. The van der Waals surface area contributed by atoms with E-state index in [0.717, 1.165) is 37.2 Å². The smallest absolute Gasteiger partial charge is 0.349 e. The Morgan fingerprint density at radius 2 is 1.86 bits per heavy atom. The van der Waals surface area contributed by atoms with E-state index in [1.54, 1.807) is 26.0 Å². The summed E-state index contributed by atoms with van der Waals surface area (Å²) < 4.78 is 5.42. The highest BCUT2D eigenvalue weighted by atomic mass is 35.5. The Hall–Kier alpha value is -2.09. The first kappa shape index (κ1) is 23.9. The van der Waals surface area contributed by atoms with Gasteiger partial charge in [0.25, 0.3) is 11.5 Å². The third-order valence-electron chi connectivity index (χ3n) is 4.84. The van der Waals surface area contributed by atoms with Crippen LogP contribution in [0.5, 0.6) is 0 Å². The normalized spacial score (nSPS) is 15.9. The number of aromatic amines is 1. The number of piperidine rings is 1. The number of halogens is 2. The van der Waals surface area contributed by atoms with Gasteiger partial charge in [-0.15, -0.1) is 24.8 Å². The van der Waals surface area contributed by atoms with Crippen LogP contribution in [0.2, 0.25) is 0 Å². The van der Waals surface area contributed by atoms with E-state index in [-0.39, 0.29) is 42.0 Å². The van der Waals surface area contributed by atoms with E-state index in [2.05, 4.69) is 15.6 Å². The van der Waals surface area contributed by atoms with Crippen molar-refractivity contribution in [2.24, 2.45) is 0 Å². The minimum Gasteiger partial charge on any atom is -0.427 e. The number of aromatic nitrogens is 1. The lowest BCUT2D eigenvalue weighted by molar-refractivity contribution is 0.102. The molecule has 3 rings (SSSR count). The molecule has 0 spiro atoms. The summed E-state index contributed by atoms with van der Waals surface area (Å²) in [6.07, 6.45) is 1.96. The Morgan fingerprint density at radius 3 is 2.46 bits per heavy atom. The maximum Gasteiger partial charge on any atom is 0.349 e.